The van der Waals surface area contributed by atoms with E-state index in [0.29, 0.717) is 16.4 Å². The highest BCUT2D eigenvalue weighted by atomic mass is 35.5. The van der Waals surface area contributed by atoms with Crippen LogP contribution in [0.25, 0.3) is 11.0 Å². The van der Waals surface area contributed by atoms with E-state index in [1.165, 1.54) is 0 Å². The van der Waals surface area contributed by atoms with Gasteiger partial charge in [-0.3, -0.25) is 4.79 Å². The van der Waals surface area contributed by atoms with Gasteiger partial charge in [0.25, 0.3) is 0 Å². The number of nitrogens with one attached hydrogen (secondary N) is 1. The number of aromatic nitrogens is 2. The number of amides is 1. The molecule has 1 amide bonds. The summed E-state index contributed by atoms with van der Waals surface area (Å²) in [5.74, 6) is -0.471. The molecular weight excluding hydrogens is 190 g/mol. The number of halogens is 1. The van der Waals surface area contributed by atoms with Crippen LogP contribution < -0.4 is 5.73 Å². The van der Waals surface area contributed by atoms with E-state index >= 15 is 0 Å². The third kappa shape index (κ3) is 1.36. The number of aromatic amines is 1. The minimum atomic E-state index is -0.471. The van der Waals surface area contributed by atoms with Crippen LogP contribution in [-0.2, 0) is 0 Å². The van der Waals surface area contributed by atoms with Gasteiger partial charge in [0.15, 0.2) is 0 Å². The second kappa shape index (κ2) is 2.74. The van der Waals surface area contributed by atoms with Crippen molar-refractivity contribution in [2.45, 2.75) is 0 Å². The van der Waals surface area contributed by atoms with E-state index in [9.17, 15) is 4.79 Å². The number of nitrogens with zero attached hydrogens (tertiary/aromatic N) is 1. The lowest BCUT2D eigenvalue weighted by molar-refractivity contribution is 0.100. The molecule has 0 spiro atoms. The number of carbonyl (C=O) groups excluding carboxylic acids is 1. The third-order valence-electron chi connectivity index (χ3n) is 1.74. The normalized spacial score (nSPS) is 10.5. The zero-order valence-electron chi connectivity index (χ0n) is 6.54. The molecule has 0 atom stereocenters. The summed E-state index contributed by atoms with van der Waals surface area (Å²) in [6.45, 7) is 0. The van der Waals surface area contributed by atoms with Crippen LogP contribution in [0.3, 0.4) is 0 Å². The molecule has 0 radical (unpaired) electrons. The van der Waals surface area contributed by atoms with Gasteiger partial charge in [0, 0.05) is 5.56 Å². The van der Waals surface area contributed by atoms with E-state index in [1.807, 2.05) is 0 Å². The summed E-state index contributed by atoms with van der Waals surface area (Å²) in [5.41, 5.74) is 6.96. The van der Waals surface area contributed by atoms with Gasteiger partial charge in [-0.2, -0.15) is 0 Å². The van der Waals surface area contributed by atoms with Gasteiger partial charge in [-0.25, -0.2) is 4.98 Å². The summed E-state index contributed by atoms with van der Waals surface area (Å²) in [6.07, 6.45) is 0. The van der Waals surface area contributed by atoms with E-state index in [2.05, 4.69) is 9.97 Å². The fourth-order valence-corrected chi connectivity index (χ4v) is 1.32. The van der Waals surface area contributed by atoms with Gasteiger partial charge < -0.3 is 10.7 Å². The Morgan fingerprint density at radius 3 is 3.00 bits per heavy atom. The molecule has 0 saturated carbocycles. The van der Waals surface area contributed by atoms with Crippen molar-refractivity contribution in [1.29, 1.82) is 0 Å². The highest BCUT2D eigenvalue weighted by Gasteiger charge is 2.04. The van der Waals surface area contributed by atoms with Crippen molar-refractivity contribution in [3.8, 4) is 0 Å². The zero-order valence-corrected chi connectivity index (χ0v) is 7.30. The molecule has 0 aliphatic heterocycles. The lowest BCUT2D eigenvalue weighted by atomic mass is 10.2. The fraction of sp³-hybridized carbons (Fsp3) is 0. The Balaban J connectivity index is 2.67. The van der Waals surface area contributed by atoms with E-state index in [1.54, 1.807) is 18.2 Å². The second-order valence-corrected chi connectivity index (χ2v) is 2.98. The predicted molar refractivity (Wildman–Crippen MR) is 49.6 cm³/mol. The van der Waals surface area contributed by atoms with Crippen molar-refractivity contribution in [2.24, 2.45) is 5.73 Å². The van der Waals surface area contributed by atoms with Crippen LogP contribution in [0.15, 0.2) is 18.2 Å². The van der Waals surface area contributed by atoms with E-state index in [0.717, 1.165) is 5.52 Å². The quantitative estimate of drug-likeness (QED) is 0.720. The predicted octanol–water partition coefficient (Wildman–Crippen LogP) is 1.32. The second-order valence-electron chi connectivity index (χ2n) is 2.62. The van der Waals surface area contributed by atoms with Crippen molar-refractivity contribution >= 4 is 28.5 Å². The van der Waals surface area contributed by atoms with Gasteiger partial charge in [0.2, 0.25) is 11.2 Å². The molecule has 1 heterocycles. The molecule has 4 nitrogen and oxygen atoms in total. The Morgan fingerprint density at radius 1 is 1.54 bits per heavy atom. The number of benzene rings is 1. The minimum absolute atomic E-state index is 0.302. The van der Waals surface area contributed by atoms with Gasteiger partial charge in [0.1, 0.15) is 0 Å². The number of imidazole rings is 1. The van der Waals surface area contributed by atoms with Crippen molar-refractivity contribution in [2.75, 3.05) is 0 Å². The maximum atomic E-state index is 10.8. The summed E-state index contributed by atoms with van der Waals surface area (Å²) in [6, 6.07) is 4.94. The first-order valence-corrected chi connectivity index (χ1v) is 3.99. The van der Waals surface area contributed by atoms with Crippen LogP contribution in [0.5, 0.6) is 0 Å². The molecule has 1 aromatic carbocycles. The SMILES string of the molecule is NC(=O)c1ccc2[nH]c(Cl)nc2c1. The summed E-state index contributed by atoms with van der Waals surface area (Å²) in [5, 5.41) is 0.302. The molecule has 5 heteroatoms. The van der Waals surface area contributed by atoms with E-state index < -0.39 is 5.91 Å². The van der Waals surface area contributed by atoms with Crippen molar-refractivity contribution < 1.29 is 4.79 Å². The van der Waals surface area contributed by atoms with Gasteiger partial charge in [0.05, 0.1) is 11.0 Å². The first-order valence-electron chi connectivity index (χ1n) is 3.62. The number of hydrogen-bond acceptors (Lipinski definition) is 2. The van der Waals surface area contributed by atoms with Crippen LogP contribution in [0.4, 0.5) is 0 Å². The number of hydrogen-bond donors (Lipinski definition) is 2. The standard InChI is InChI=1S/C8H6ClN3O/c9-8-11-5-2-1-4(7(10)13)3-6(5)12-8/h1-3H,(H2,10,13)(H,11,12). The van der Waals surface area contributed by atoms with Crippen molar-refractivity contribution in [1.82, 2.24) is 9.97 Å². The molecule has 0 aliphatic carbocycles. The van der Waals surface area contributed by atoms with Crippen LogP contribution >= 0.6 is 11.6 Å². The number of H-pyrrole nitrogens is 1. The summed E-state index contributed by atoms with van der Waals surface area (Å²) in [4.78, 5) is 17.6. The molecule has 0 fully saturated rings. The zero-order chi connectivity index (χ0) is 9.42. The number of fused-ring (bicyclic) bond motifs is 1. The number of carbonyl (C=O) groups is 1. The van der Waals surface area contributed by atoms with Gasteiger partial charge in [-0.1, -0.05) is 0 Å². The molecular formula is C8H6ClN3O. The maximum Gasteiger partial charge on any atom is 0.248 e. The van der Waals surface area contributed by atoms with Crippen LogP contribution in [-0.4, -0.2) is 15.9 Å². The van der Waals surface area contributed by atoms with Crippen molar-refractivity contribution in [3.63, 3.8) is 0 Å². The number of nitrogens with two attached hydrogens (primary N) is 1. The lowest BCUT2D eigenvalue weighted by Crippen LogP contribution is -2.10. The van der Waals surface area contributed by atoms with Crippen molar-refractivity contribution in [3.05, 3.63) is 29.0 Å². The highest BCUT2D eigenvalue weighted by molar-refractivity contribution is 6.29. The molecule has 66 valence electrons. The average Bonchev–Trinajstić information content (AvgIpc) is 2.42. The monoisotopic (exact) mass is 195 g/mol. The third-order valence-corrected chi connectivity index (χ3v) is 1.92. The molecule has 2 aromatic rings. The van der Waals surface area contributed by atoms with E-state index in [4.69, 9.17) is 17.3 Å². The van der Waals surface area contributed by atoms with Gasteiger partial charge >= 0.3 is 0 Å². The molecule has 3 N–H and O–H groups in total. The van der Waals surface area contributed by atoms with E-state index in [-0.39, 0.29) is 0 Å². The smallest absolute Gasteiger partial charge is 0.248 e. The molecule has 0 unspecified atom stereocenters. The molecule has 0 saturated heterocycles. The first-order chi connectivity index (χ1) is 6.16. The average molecular weight is 196 g/mol. The number of primary amides is 1. The molecule has 2 rings (SSSR count). The summed E-state index contributed by atoms with van der Waals surface area (Å²) in [7, 11) is 0. The number of rotatable bonds is 1. The van der Waals surface area contributed by atoms with Crippen LogP contribution in [0.2, 0.25) is 5.28 Å². The Morgan fingerprint density at radius 2 is 2.31 bits per heavy atom. The fourth-order valence-electron chi connectivity index (χ4n) is 1.13. The van der Waals surface area contributed by atoms with Gasteiger partial charge in [-0.05, 0) is 29.8 Å². The molecule has 0 bridgehead atoms. The van der Waals surface area contributed by atoms with Crippen LogP contribution in [0.1, 0.15) is 10.4 Å². The Labute approximate surface area is 78.7 Å². The Bertz CT molecular complexity index is 477. The van der Waals surface area contributed by atoms with Crippen LogP contribution in [0, 0.1) is 0 Å². The largest absolute Gasteiger partial charge is 0.366 e. The topological polar surface area (TPSA) is 71.8 Å². The highest BCUT2D eigenvalue weighted by Crippen LogP contribution is 2.15. The summed E-state index contributed by atoms with van der Waals surface area (Å²) < 4.78 is 0. The molecule has 1 aromatic heterocycles. The maximum absolute atomic E-state index is 10.8. The lowest BCUT2D eigenvalue weighted by Gasteiger charge is -1.93. The molecule has 13 heavy (non-hydrogen) atoms. The Kier molecular flexibility index (Phi) is 1.70. The molecule has 0 aliphatic rings. The Hall–Kier alpha value is -1.55. The first kappa shape index (κ1) is 8.07. The summed E-state index contributed by atoms with van der Waals surface area (Å²) >= 11 is 5.63. The van der Waals surface area contributed by atoms with Gasteiger partial charge in [-0.15, -0.1) is 0 Å². The minimum Gasteiger partial charge on any atom is -0.366 e.